The summed E-state index contributed by atoms with van der Waals surface area (Å²) in [6.07, 6.45) is -4.50. The van der Waals surface area contributed by atoms with E-state index in [1.807, 2.05) is 0 Å². The molecule has 0 N–H and O–H groups in total. The van der Waals surface area contributed by atoms with Crippen LogP contribution in [0.1, 0.15) is 33.2 Å². The minimum Gasteiger partial charge on any atom is -0.465 e. The summed E-state index contributed by atoms with van der Waals surface area (Å²) < 4.78 is 48.9. The number of alkyl halides is 3. The summed E-state index contributed by atoms with van der Waals surface area (Å²) in [4.78, 5) is 27.7. The maximum Gasteiger partial charge on any atom is 0.416 e. The summed E-state index contributed by atoms with van der Waals surface area (Å²) in [5, 5.41) is 0.139. The Morgan fingerprint density at radius 3 is 2.29 bits per heavy atom. The Bertz CT molecular complexity index is 1130. The van der Waals surface area contributed by atoms with E-state index in [9.17, 15) is 22.8 Å². The number of rotatable bonds is 3. The van der Waals surface area contributed by atoms with E-state index >= 15 is 0 Å². The van der Waals surface area contributed by atoms with Crippen molar-refractivity contribution >= 4 is 28.4 Å². The van der Waals surface area contributed by atoms with Crippen molar-refractivity contribution < 1.29 is 31.9 Å². The predicted molar refractivity (Wildman–Crippen MR) is 94.2 cm³/mol. The van der Waals surface area contributed by atoms with Gasteiger partial charge in [0.2, 0.25) is 5.55 Å². The van der Waals surface area contributed by atoms with Gasteiger partial charge >= 0.3 is 12.1 Å². The van der Waals surface area contributed by atoms with Gasteiger partial charge in [0.25, 0.3) is 0 Å². The number of carbonyl (C=O) groups is 2. The molecule has 5 nitrogen and oxygen atoms in total. The molecular formula is C20H14F3NO4. The molecule has 0 aliphatic rings. The van der Waals surface area contributed by atoms with Crippen LogP contribution in [0.4, 0.5) is 18.9 Å². The Labute approximate surface area is 157 Å². The molecule has 2 aromatic carbocycles. The highest BCUT2D eigenvalue weighted by Gasteiger charge is 2.30. The lowest BCUT2D eigenvalue weighted by atomic mass is 10.1. The fraction of sp³-hybridized carbons (Fsp3) is 0.150. The number of nitrogens with zero attached hydrogens (tertiary/aromatic N) is 1. The minimum absolute atomic E-state index is 0.0365. The Balaban J connectivity index is 2.14. The summed E-state index contributed by atoms with van der Waals surface area (Å²) in [6, 6.07) is 10.4. The molecule has 1 aromatic heterocycles. The number of ether oxygens (including phenoxy) is 1. The van der Waals surface area contributed by atoms with Crippen LogP contribution in [0.5, 0.6) is 0 Å². The fourth-order valence-electron chi connectivity index (χ4n) is 2.55. The average Bonchev–Trinajstić information content (AvgIpc) is 2.66. The number of methoxy groups -OCH3 is 1. The molecule has 0 unspecified atom stereocenters. The molecule has 0 saturated heterocycles. The van der Waals surface area contributed by atoms with E-state index in [0.29, 0.717) is 11.3 Å². The number of esters is 1. The molecular weight excluding hydrogens is 375 g/mol. The van der Waals surface area contributed by atoms with E-state index in [4.69, 9.17) is 4.42 Å². The van der Waals surface area contributed by atoms with E-state index < -0.39 is 23.5 Å². The Hall–Kier alpha value is -3.42. The summed E-state index contributed by atoms with van der Waals surface area (Å²) in [5.74, 6) is -0.917. The van der Waals surface area contributed by atoms with Crippen molar-refractivity contribution in [3.05, 3.63) is 70.8 Å². The lowest BCUT2D eigenvalue weighted by Gasteiger charge is -2.08. The van der Waals surface area contributed by atoms with Crippen LogP contribution in [0.2, 0.25) is 0 Å². The molecule has 0 bridgehead atoms. The van der Waals surface area contributed by atoms with Crippen LogP contribution in [0.15, 0.2) is 57.9 Å². The normalized spacial score (nSPS) is 12.2. The smallest absolute Gasteiger partial charge is 0.416 e. The van der Waals surface area contributed by atoms with Crippen molar-refractivity contribution in [3.63, 3.8) is 0 Å². The van der Waals surface area contributed by atoms with E-state index in [1.165, 1.54) is 50.4 Å². The summed E-state index contributed by atoms with van der Waals surface area (Å²) in [7, 11) is 1.26. The topological polar surface area (TPSA) is 68.9 Å². The molecule has 0 radical (unpaired) electrons. The summed E-state index contributed by atoms with van der Waals surface area (Å²) >= 11 is 0. The number of ketones is 1. The molecule has 0 aliphatic carbocycles. The molecule has 28 heavy (non-hydrogen) atoms. The predicted octanol–water partition coefficient (Wildman–Crippen LogP) is 4.67. The quantitative estimate of drug-likeness (QED) is 0.482. The van der Waals surface area contributed by atoms with Gasteiger partial charge in [0.1, 0.15) is 5.58 Å². The van der Waals surface area contributed by atoms with Gasteiger partial charge in [-0.1, -0.05) is 0 Å². The van der Waals surface area contributed by atoms with Crippen molar-refractivity contribution in [2.75, 3.05) is 7.11 Å². The van der Waals surface area contributed by atoms with Crippen molar-refractivity contribution in [1.82, 2.24) is 0 Å². The van der Waals surface area contributed by atoms with Crippen LogP contribution in [-0.2, 0) is 10.9 Å². The number of Topliss-reactive ketones (excluding diaryl/α,β-unsaturated/α-hetero) is 1. The van der Waals surface area contributed by atoms with Crippen molar-refractivity contribution in [1.29, 1.82) is 0 Å². The SMILES string of the molecule is COC(=O)c1ccc(N=c2oc3ccc(C(F)(F)F)cc3cc2C(C)=O)cc1. The number of halogens is 3. The Morgan fingerprint density at radius 2 is 1.71 bits per heavy atom. The van der Waals surface area contributed by atoms with Gasteiger partial charge in [0, 0.05) is 5.39 Å². The standard InChI is InChI=1S/C20H14F3NO4/c1-11(25)16-10-13-9-14(20(21,22)23)5-8-17(13)28-18(16)24-15-6-3-12(4-7-15)19(26)27-2/h3-10H,1-2H3. The number of carbonyl (C=O) groups excluding carboxylic acids is 2. The van der Waals surface area contributed by atoms with E-state index in [-0.39, 0.29) is 22.1 Å². The largest absolute Gasteiger partial charge is 0.465 e. The van der Waals surface area contributed by atoms with Crippen LogP contribution >= 0.6 is 0 Å². The van der Waals surface area contributed by atoms with Gasteiger partial charge in [-0.2, -0.15) is 13.2 Å². The van der Waals surface area contributed by atoms with Crippen LogP contribution in [0.3, 0.4) is 0 Å². The number of benzene rings is 2. The Morgan fingerprint density at radius 1 is 1.04 bits per heavy atom. The number of hydrogen-bond acceptors (Lipinski definition) is 5. The zero-order valence-electron chi connectivity index (χ0n) is 14.8. The van der Waals surface area contributed by atoms with E-state index in [2.05, 4.69) is 9.73 Å². The molecule has 0 saturated carbocycles. The average molecular weight is 389 g/mol. The molecule has 0 amide bonds. The number of fused-ring (bicyclic) bond motifs is 1. The second-order valence-electron chi connectivity index (χ2n) is 5.92. The first-order valence-electron chi connectivity index (χ1n) is 8.08. The van der Waals surface area contributed by atoms with Crippen LogP contribution in [0.25, 0.3) is 11.0 Å². The van der Waals surface area contributed by atoms with Crippen LogP contribution in [-0.4, -0.2) is 18.9 Å². The zero-order valence-corrected chi connectivity index (χ0v) is 14.8. The molecule has 0 fully saturated rings. The monoisotopic (exact) mass is 389 g/mol. The lowest BCUT2D eigenvalue weighted by Crippen LogP contribution is -2.13. The second-order valence-corrected chi connectivity index (χ2v) is 5.92. The zero-order chi connectivity index (χ0) is 20.5. The van der Waals surface area contributed by atoms with Gasteiger partial charge in [-0.25, -0.2) is 9.79 Å². The third kappa shape index (κ3) is 3.95. The molecule has 0 aliphatic heterocycles. The van der Waals surface area contributed by atoms with Gasteiger partial charge in [-0.05, 0) is 55.5 Å². The number of hydrogen-bond donors (Lipinski definition) is 0. The van der Waals surface area contributed by atoms with Crippen molar-refractivity contribution in [2.24, 2.45) is 4.99 Å². The van der Waals surface area contributed by atoms with Crippen molar-refractivity contribution in [3.8, 4) is 0 Å². The molecule has 1 heterocycles. The third-order valence-corrected chi connectivity index (χ3v) is 3.97. The highest BCUT2D eigenvalue weighted by Crippen LogP contribution is 2.31. The second kappa shape index (κ2) is 7.30. The highest BCUT2D eigenvalue weighted by molar-refractivity contribution is 5.96. The van der Waals surface area contributed by atoms with Gasteiger partial charge in [0.05, 0.1) is 29.5 Å². The molecule has 8 heteroatoms. The fourth-order valence-corrected chi connectivity index (χ4v) is 2.55. The first-order chi connectivity index (χ1) is 13.2. The molecule has 3 aromatic rings. The molecule has 0 spiro atoms. The van der Waals surface area contributed by atoms with Crippen LogP contribution in [0, 0.1) is 0 Å². The first-order valence-corrected chi connectivity index (χ1v) is 8.08. The van der Waals surface area contributed by atoms with Crippen LogP contribution < -0.4 is 5.55 Å². The van der Waals surface area contributed by atoms with E-state index in [1.54, 1.807) is 0 Å². The highest BCUT2D eigenvalue weighted by atomic mass is 19.4. The molecule has 0 atom stereocenters. The molecule has 3 rings (SSSR count). The first kappa shape index (κ1) is 19.3. The Kier molecular flexibility index (Phi) is 5.04. The van der Waals surface area contributed by atoms with Gasteiger partial charge in [-0.3, -0.25) is 4.79 Å². The lowest BCUT2D eigenvalue weighted by molar-refractivity contribution is -0.137. The van der Waals surface area contributed by atoms with Gasteiger partial charge in [-0.15, -0.1) is 0 Å². The molecule has 144 valence electrons. The van der Waals surface area contributed by atoms with E-state index in [0.717, 1.165) is 12.1 Å². The summed E-state index contributed by atoms with van der Waals surface area (Å²) in [6.45, 7) is 1.27. The minimum atomic E-state index is -4.50. The van der Waals surface area contributed by atoms with Gasteiger partial charge in [0.15, 0.2) is 5.78 Å². The van der Waals surface area contributed by atoms with Gasteiger partial charge < -0.3 is 9.15 Å². The maximum atomic E-state index is 12.9. The summed E-state index contributed by atoms with van der Waals surface area (Å²) in [5.41, 5.74) is 0.0405. The third-order valence-electron chi connectivity index (χ3n) is 3.97. The van der Waals surface area contributed by atoms with Crippen molar-refractivity contribution in [2.45, 2.75) is 13.1 Å². The maximum absolute atomic E-state index is 12.9.